The van der Waals surface area contributed by atoms with E-state index in [0.717, 1.165) is 12.8 Å². The Balaban J connectivity index is 2.49. The van der Waals surface area contributed by atoms with Crippen molar-refractivity contribution in [2.75, 3.05) is 11.5 Å². The van der Waals surface area contributed by atoms with Crippen molar-refractivity contribution >= 4 is 55.0 Å². The van der Waals surface area contributed by atoms with Gasteiger partial charge in [0.1, 0.15) is 9.84 Å². The first-order chi connectivity index (χ1) is 5.01. The van der Waals surface area contributed by atoms with Crippen LogP contribution < -0.4 is 0 Å². The van der Waals surface area contributed by atoms with Gasteiger partial charge >= 0.3 is 0 Å². The van der Waals surface area contributed by atoms with E-state index in [2.05, 4.69) is 45.2 Å². The molecule has 0 saturated carbocycles. The second-order valence-electron chi connectivity index (χ2n) is 2.82. The minimum Gasteiger partial charge on any atom is -0.229 e. The molecule has 11 heavy (non-hydrogen) atoms. The fraction of sp³-hybridized carbons (Fsp3) is 1.00. The van der Waals surface area contributed by atoms with Crippen molar-refractivity contribution in [1.29, 1.82) is 0 Å². The van der Waals surface area contributed by atoms with Crippen molar-refractivity contribution in [3.8, 4) is 0 Å². The van der Waals surface area contributed by atoms with Crippen LogP contribution in [0.25, 0.3) is 0 Å². The largest absolute Gasteiger partial charge is 0.229 e. The molecule has 0 aromatic carbocycles. The van der Waals surface area contributed by atoms with Crippen molar-refractivity contribution < 1.29 is 8.42 Å². The first-order valence-corrected chi connectivity index (χ1v) is 7.81. The highest BCUT2D eigenvalue weighted by Crippen LogP contribution is 2.30. The second kappa shape index (κ2) is 4.08. The summed E-state index contributed by atoms with van der Waals surface area (Å²) in [5.74, 6) is 1.42. The number of hydrogen-bond donors (Lipinski definition) is 0. The molecule has 0 aromatic heterocycles. The van der Waals surface area contributed by atoms with E-state index in [0.29, 0.717) is 19.4 Å². The van der Waals surface area contributed by atoms with Gasteiger partial charge in [0.05, 0.1) is 13.4 Å². The number of halogens is 2. The standard InChI is InChI=1S/C6H10I2O2S/c7-6(8)5-1-3-11(9,10)4-2-5/h5-6H,1-4H2. The first-order valence-electron chi connectivity index (χ1n) is 3.50. The number of hydrogen-bond acceptors (Lipinski definition) is 2. The summed E-state index contributed by atoms with van der Waals surface area (Å²) < 4.78 is 22.6. The molecule has 0 bridgehead atoms. The van der Waals surface area contributed by atoms with Crippen LogP contribution in [0.3, 0.4) is 0 Å². The molecule has 0 aromatic rings. The van der Waals surface area contributed by atoms with E-state index in [1.165, 1.54) is 0 Å². The summed E-state index contributed by atoms with van der Waals surface area (Å²) in [7, 11) is -2.66. The van der Waals surface area contributed by atoms with Crippen LogP contribution in [0.1, 0.15) is 12.8 Å². The average Bonchev–Trinajstić information content (AvgIpc) is 1.86. The lowest BCUT2D eigenvalue weighted by Crippen LogP contribution is -2.26. The summed E-state index contributed by atoms with van der Waals surface area (Å²) >= 11 is 4.73. The van der Waals surface area contributed by atoms with E-state index in [-0.39, 0.29) is 0 Å². The van der Waals surface area contributed by atoms with E-state index >= 15 is 0 Å². The van der Waals surface area contributed by atoms with Gasteiger partial charge in [0.15, 0.2) is 0 Å². The zero-order valence-corrected chi connectivity index (χ0v) is 11.1. The summed E-state index contributed by atoms with van der Waals surface area (Å²) in [5, 5.41) is 0. The normalized spacial score (nSPS) is 25.7. The molecule has 1 aliphatic heterocycles. The Labute approximate surface area is 94.7 Å². The third-order valence-electron chi connectivity index (χ3n) is 1.96. The zero-order valence-electron chi connectivity index (χ0n) is 5.96. The van der Waals surface area contributed by atoms with E-state index in [9.17, 15) is 8.42 Å². The van der Waals surface area contributed by atoms with Crippen molar-refractivity contribution in [3.63, 3.8) is 0 Å². The molecule has 1 fully saturated rings. The van der Waals surface area contributed by atoms with Gasteiger partial charge in [0, 0.05) is 0 Å². The fourth-order valence-corrected chi connectivity index (χ4v) is 4.13. The Hall–Kier alpha value is 1.41. The van der Waals surface area contributed by atoms with Crippen LogP contribution in [0.5, 0.6) is 0 Å². The molecule has 2 nitrogen and oxygen atoms in total. The van der Waals surface area contributed by atoms with Crippen LogP contribution >= 0.6 is 45.2 Å². The first kappa shape index (κ1) is 10.5. The maximum absolute atomic E-state index is 11.0. The van der Waals surface area contributed by atoms with Crippen molar-refractivity contribution in [2.24, 2.45) is 5.92 Å². The van der Waals surface area contributed by atoms with Gasteiger partial charge in [-0.15, -0.1) is 0 Å². The minimum absolute atomic E-state index is 0.403. The van der Waals surface area contributed by atoms with Gasteiger partial charge < -0.3 is 0 Å². The topological polar surface area (TPSA) is 34.1 Å². The van der Waals surface area contributed by atoms with Gasteiger partial charge in [-0.3, -0.25) is 0 Å². The third kappa shape index (κ3) is 3.33. The van der Waals surface area contributed by atoms with Crippen LogP contribution in [0, 0.1) is 5.92 Å². The SMILES string of the molecule is O=S1(=O)CCC(C(I)I)CC1. The molecule has 1 saturated heterocycles. The lowest BCUT2D eigenvalue weighted by molar-refractivity contribution is 0.506. The predicted molar refractivity (Wildman–Crippen MR) is 63.2 cm³/mol. The molecule has 0 N–H and O–H groups in total. The summed E-state index contributed by atoms with van der Waals surface area (Å²) in [6, 6.07) is 0. The van der Waals surface area contributed by atoms with E-state index in [4.69, 9.17) is 0 Å². The highest BCUT2D eigenvalue weighted by Gasteiger charge is 2.26. The summed E-state index contributed by atoms with van der Waals surface area (Å²) in [6.45, 7) is 0. The Kier molecular flexibility index (Phi) is 3.89. The van der Waals surface area contributed by atoms with E-state index in [1.54, 1.807) is 0 Å². The number of rotatable bonds is 1. The van der Waals surface area contributed by atoms with Crippen LogP contribution in [-0.4, -0.2) is 21.9 Å². The molecule has 0 amide bonds. The highest BCUT2D eigenvalue weighted by molar-refractivity contribution is 14.2. The average molecular weight is 400 g/mol. The van der Waals surface area contributed by atoms with Gasteiger partial charge in [-0.2, -0.15) is 0 Å². The summed E-state index contributed by atoms with van der Waals surface area (Å²) in [5.41, 5.74) is 0. The zero-order chi connectivity index (χ0) is 8.48. The summed E-state index contributed by atoms with van der Waals surface area (Å²) in [4.78, 5) is 0. The van der Waals surface area contributed by atoms with Gasteiger partial charge in [-0.05, 0) is 18.8 Å². The predicted octanol–water partition coefficient (Wildman–Crippen LogP) is 2.01. The Morgan fingerprint density at radius 2 is 1.64 bits per heavy atom. The van der Waals surface area contributed by atoms with Gasteiger partial charge in [-0.1, -0.05) is 45.2 Å². The molecule has 66 valence electrons. The molecule has 5 heteroatoms. The maximum atomic E-state index is 11.0. The molecule has 0 spiro atoms. The number of sulfone groups is 1. The van der Waals surface area contributed by atoms with Gasteiger partial charge in [0.2, 0.25) is 0 Å². The third-order valence-corrected chi connectivity index (χ3v) is 5.71. The van der Waals surface area contributed by atoms with Crippen LogP contribution in [0.4, 0.5) is 0 Å². The van der Waals surface area contributed by atoms with E-state index in [1.807, 2.05) is 0 Å². The maximum Gasteiger partial charge on any atom is 0.150 e. The molecule has 1 rings (SSSR count). The fourth-order valence-electron chi connectivity index (χ4n) is 1.16. The summed E-state index contributed by atoms with van der Waals surface area (Å²) in [6.07, 6.45) is 1.72. The van der Waals surface area contributed by atoms with Crippen molar-refractivity contribution in [3.05, 3.63) is 0 Å². The molecule has 0 aliphatic carbocycles. The van der Waals surface area contributed by atoms with Gasteiger partial charge in [0.25, 0.3) is 0 Å². The monoisotopic (exact) mass is 400 g/mol. The Morgan fingerprint density at radius 1 is 1.18 bits per heavy atom. The smallest absolute Gasteiger partial charge is 0.150 e. The van der Waals surface area contributed by atoms with Crippen LogP contribution in [0.15, 0.2) is 0 Å². The molecule has 1 heterocycles. The molecule has 1 aliphatic rings. The second-order valence-corrected chi connectivity index (χ2v) is 10.2. The molecule has 0 radical (unpaired) electrons. The van der Waals surface area contributed by atoms with E-state index < -0.39 is 9.84 Å². The molecular formula is C6H10I2O2S. The molecular weight excluding hydrogens is 390 g/mol. The van der Waals surface area contributed by atoms with Gasteiger partial charge in [-0.25, -0.2) is 8.42 Å². The Bertz CT molecular complexity index is 209. The van der Waals surface area contributed by atoms with Crippen molar-refractivity contribution in [2.45, 2.75) is 14.8 Å². The number of alkyl halides is 2. The van der Waals surface area contributed by atoms with Crippen LogP contribution in [0.2, 0.25) is 0 Å². The Morgan fingerprint density at radius 3 is 2.00 bits per heavy atom. The van der Waals surface area contributed by atoms with Crippen LogP contribution in [-0.2, 0) is 9.84 Å². The highest BCUT2D eigenvalue weighted by atomic mass is 127. The quantitative estimate of drug-likeness (QED) is 0.499. The minimum atomic E-state index is -2.66. The van der Waals surface area contributed by atoms with Crippen molar-refractivity contribution in [1.82, 2.24) is 0 Å². The molecule has 0 atom stereocenters. The molecule has 0 unspecified atom stereocenters. The lowest BCUT2D eigenvalue weighted by atomic mass is 10.1. The lowest BCUT2D eigenvalue weighted by Gasteiger charge is -2.22.